The summed E-state index contributed by atoms with van der Waals surface area (Å²) in [4.78, 5) is 24.7. The fourth-order valence-corrected chi connectivity index (χ4v) is 4.45. The summed E-state index contributed by atoms with van der Waals surface area (Å²) in [6.07, 6.45) is -1.07. The Hall–Kier alpha value is -2.42. The summed E-state index contributed by atoms with van der Waals surface area (Å²) in [6, 6.07) is 12.7. The van der Waals surface area contributed by atoms with Gasteiger partial charge in [-0.3, -0.25) is 4.79 Å². The smallest absolute Gasteiger partial charge is 0.338 e. The number of ether oxygens (including phenoxy) is 1. The first-order valence-electron chi connectivity index (χ1n) is 9.53. The normalized spacial score (nSPS) is 12.4. The van der Waals surface area contributed by atoms with Crippen LogP contribution in [0.25, 0.3) is 0 Å². The molecule has 1 amide bonds. The van der Waals surface area contributed by atoms with Gasteiger partial charge in [-0.05, 0) is 36.8 Å². The molecule has 0 aliphatic carbocycles. The van der Waals surface area contributed by atoms with Gasteiger partial charge in [0.25, 0.3) is 5.91 Å². The highest BCUT2D eigenvalue weighted by molar-refractivity contribution is 7.89. The number of carbonyl (C=O) groups is 2. The van der Waals surface area contributed by atoms with Gasteiger partial charge in [0.2, 0.25) is 10.0 Å². The molecule has 2 rings (SSSR count). The van der Waals surface area contributed by atoms with E-state index in [9.17, 15) is 18.0 Å². The van der Waals surface area contributed by atoms with Crippen LogP contribution in [0.5, 0.6) is 0 Å². The molecular formula is C21H25ClN2O5S. The van der Waals surface area contributed by atoms with E-state index in [4.69, 9.17) is 16.3 Å². The molecule has 2 aromatic rings. The Morgan fingerprint density at radius 3 is 2.40 bits per heavy atom. The molecule has 0 heterocycles. The molecule has 30 heavy (non-hydrogen) atoms. The second-order valence-corrected chi connectivity index (χ2v) is 8.82. The zero-order valence-corrected chi connectivity index (χ0v) is 18.7. The van der Waals surface area contributed by atoms with Gasteiger partial charge in [0.05, 0.1) is 10.5 Å². The molecule has 2 aromatic carbocycles. The molecule has 0 aliphatic rings. The van der Waals surface area contributed by atoms with Crippen molar-refractivity contribution in [1.82, 2.24) is 9.62 Å². The molecule has 0 aliphatic heterocycles. The zero-order valence-electron chi connectivity index (χ0n) is 17.1. The molecule has 0 radical (unpaired) electrons. The van der Waals surface area contributed by atoms with E-state index in [1.165, 1.54) is 35.5 Å². The number of hydrogen-bond donors (Lipinski definition) is 1. The first kappa shape index (κ1) is 23.9. The molecule has 0 bridgehead atoms. The number of esters is 1. The predicted octanol–water partition coefficient (Wildman–Crippen LogP) is 3.23. The van der Waals surface area contributed by atoms with E-state index in [1.807, 2.05) is 0 Å². The highest BCUT2D eigenvalue weighted by Crippen LogP contribution is 2.18. The van der Waals surface area contributed by atoms with Gasteiger partial charge in [-0.25, -0.2) is 13.2 Å². The van der Waals surface area contributed by atoms with Crippen LogP contribution < -0.4 is 5.32 Å². The minimum Gasteiger partial charge on any atom is -0.449 e. The SMILES string of the molecule is CCN(CC)S(=O)(=O)c1cccc(C(=O)OC(C)C(=O)NCc2ccccc2Cl)c1. The van der Waals surface area contributed by atoms with Gasteiger partial charge in [-0.1, -0.05) is 49.7 Å². The van der Waals surface area contributed by atoms with E-state index in [2.05, 4.69) is 5.32 Å². The second-order valence-electron chi connectivity index (χ2n) is 6.47. The third-order valence-electron chi connectivity index (χ3n) is 4.48. The number of nitrogens with zero attached hydrogens (tertiary/aromatic N) is 1. The Balaban J connectivity index is 2.05. The Kier molecular flexibility index (Phi) is 8.40. The maximum Gasteiger partial charge on any atom is 0.338 e. The average molecular weight is 453 g/mol. The van der Waals surface area contributed by atoms with Crippen molar-refractivity contribution < 1.29 is 22.7 Å². The van der Waals surface area contributed by atoms with E-state index < -0.39 is 28.0 Å². The molecule has 1 unspecified atom stereocenters. The number of sulfonamides is 1. The summed E-state index contributed by atoms with van der Waals surface area (Å²) in [7, 11) is -3.71. The highest BCUT2D eigenvalue weighted by atomic mass is 35.5. The Morgan fingerprint density at radius 1 is 1.10 bits per heavy atom. The van der Waals surface area contributed by atoms with Crippen molar-refractivity contribution in [2.45, 2.75) is 38.3 Å². The van der Waals surface area contributed by atoms with E-state index >= 15 is 0 Å². The lowest BCUT2D eigenvalue weighted by molar-refractivity contribution is -0.129. The third kappa shape index (κ3) is 5.81. The third-order valence-corrected chi connectivity index (χ3v) is 6.89. The maximum absolute atomic E-state index is 12.6. The predicted molar refractivity (Wildman–Crippen MR) is 115 cm³/mol. The minimum absolute atomic E-state index is 0.00326. The molecule has 0 saturated heterocycles. The van der Waals surface area contributed by atoms with Crippen molar-refractivity contribution in [3.63, 3.8) is 0 Å². The van der Waals surface area contributed by atoms with Gasteiger partial charge < -0.3 is 10.1 Å². The van der Waals surface area contributed by atoms with Gasteiger partial charge in [-0.15, -0.1) is 0 Å². The van der Waals surface area contributed by atoms with Crippen molar-refractivity contribution >= 4 is 33.5 Å². The van der Waals surface area contributed by atoms with Crippen molar-refractivity contribution in [2.24, 2.45) is 0 Å². The second kappa shape index (κ2) is 10.6. The first-order valence-corrected chi connectivity index (χ1v) is 11.3. The van der Waals surface area contributed by atoms with Crippen LogP contribution in [0.2, 0.25) is 5.02 Å². The molecule has 162 valence electrons. The van der Waals surface area contributed by atoms with Gasteiger partial charge in [0.1, 0.15) is 0 Å². The fraction of sp³-hybridized carbons (Fsp3) is 0.333. The molecular weight excluding hydrogens is 428 g/mol. The van der Waals surface area contributed by atoms with Crippen molar-refractivity contribution in [3.05, 3.63) is 64.7 Å². The molecule has 7 nitrogen and oxygen atoms in total. The number of rotatable bonds is 9. The summed E-state index contributed by atoms with van der Waals surface area (Å²) in [5, 5.41) is 3.18. The molecule has 0 saturated carbocycles. The van der Waals surface area contributed by atoms with Crippen molar-refractivity contribution in [2.75, 3.05) is 13.1 Å². The monoisotopic (exact) mass is 452 g/mol. The fourth-order valence-electron chi connectivity index (χ4n) is 2.75. The summed E-state index contributed by atoms with van der Waals surface area (Å²) in [5.41, 5.74) is 0.786. The Bertz CT molecular complexity index is 1010. The molecule has 0 aromatic heterocycles. The first-order chi connectivity index (χ1) is 14.2. The molecule has 0 fully saturated rings. The van der Waals surface area contributed by atoms with E-state index in [1.54, 1.807) is 38.1 Å². The van der Waals surface area contributed by atoms with Crippen molar-refractivity contribution in [3.8, 4) is 0 Å². The summed E-state index contributed by atoms with van der Waals surface area (Å²) in [5.74, 6) is -1.28. The molecule has 0 spiro atoms. The van der Waals surface area contributed by atoms with Gasteiger partial charge in [0, 0.05) is 24.7 Å². The average Bonchev–Trinajstić information content (AvgIpc) is 2.73. The summed E-state index contributed by atoms with van der Waals surface area (Å²) in [6.45, 7) is 5.74. The van der Waals surface area contributed by atoms with Crippen LogP contribution in [-0.4, -0.2) is 43.8 Å². The van der Waals surface area contributed by atoms with Crippen molar-refractivity contribution in [1.29, 1.82) is 0 Å². The largest absolute Gasteiger partial charge is 0.449 e. The van der Waals surface area contributed by atoms with Gasteiger partial charge in [-0.2, -0.15) is 4.31 Å². The van der Waals surface area contributed by atoms with E-state index in [0.29, 0.717) is 18.1 Å². The van der Waals surface area contributed by atoms with Crippen LogP contribution in [0.15, 0.2) is 53.4 Å². The molecule has 1 atom stereocenters. The molecule has 9 heteroatoms. The number of nitrogens with one attached hydrogen (secondary N) is 1. The number of hydrogen-bond acceptors (Lipinski definition) is 5. The Labute approximate surface area is 182 Å². The van der Waals surface area contributed by atoms with Crippen LogP contribution in [0, 0.1) is 0 Å². The van der Waals surface area contributed by atoms with Crippen LogP contribution in [-0.2, 0) is 26.1 Å². The Morgan fingerprint density at radius 2 is 1.77 bits per heavy atom. The number of amides is 1. The quantitative estimate of drug-likeness (QED) is 0.589. The van der Waals surface area contributed by atoms with E-state index in [-0.39, 0.29) is 17.0 Å². The molecule has 1 N–H and O–H groups in total. The summed E-state index contributed by atoms with van der Waals surface area (Å²) >= 11 is 6.06. The highest BCUT2D eigenvalue weighted by Gasteiger charge is 2.24. The van der Waals surface area contributed by atoms with Gasteiger partial charge in [0.15, 0.2) is 6.10 Å². The van der Waals surface area contributed by atoms with E-state index in [0.717, 1.165) is 5.56 Å². The van der Waals surface area contributed by atoms with Crippen LogP contribution in [0.4, 0.5) is 0 Å². The minimum atomic E-state index is -3.71. The van der Waals surface area contributed by atoms with Crippen LogP contribution in [0.3, 0.4) is 0 Å². The lowest BCUT2D eigenvalue weighted by atomic mass is 10.2. The topological polar surface area (TPSA) is 92.8 Å². The van der Waals surface area contributed by atoms with Gasteiger partial charge >= 0.3 is 5.97 Å². The van der Waals surface area contributed by atoms with Crippen LogP contribution in [0.1, 0.15) is 36.7 Å². The lowest BCUT2D eigenvalue weighted by Gasteiger charge is -2.19. The standard InChI is InChI=1S/C21H25ClN2O5S/c1-4-24(5-2)30(27,28)18-11-8-10-16(13-18)21(26)29-15(3)20(25)23-14-17-9-6-7-12-19(17)22/h6-13,15H,4-5,14H2,1-3H3,(H,23,25). The zero-order chi connectivity index (χ0) is 22.3. The summed E-state index contributed by atoms with van der Waals surface area (Å²) < 4.78 is 31.8. The lowest BCUT2D eigenvalue weighted by Crippen LogP contribution is -2.35. The van der Waals surface area contributed by atoms with Crippen LogP contribution >= 0.6 is 11.6 Å². The number of halogens is 1. The maximum atomic E-state index is 12.6. The number of benzene rings is 2. The number of carbonyl (C=O) groups excluding carboxylic acids is 2.